The molecule has 2 heterocycles. The number of amides is 1. The summed E-state index contributed by atoms with van der Waals surface area (Å²) in [5.74, 6) is -0.105. The van der Waals surface area contributed by atoms with E-state index in [0.717, 1.165) is 26.1 Å². The zero-order valence-electron chi connectivity index (χ0n) is 11.3. The number of likely N-dealkylation sites (N-methyl/N-ethyl adjacent to an activating group) is 2. The Hall–Kier alpha value is -1.20. The van der Waals surface area contributed by atoms with Crippen LogP contribution in [0.25, 0.3) is 0 Å². The first-order valence-corrected chi connectivity index (χ1v) is 6.98. The molecule has 19 heavy (non-hydrogen) atoms. The van der Waals surface area contributed by atoms with Crippen molar-refractivity contribution in [2.24, 2.45) is 0 Å². The predicted molar refractivity (Wildman–Crippen MR) is 74.3 cm³/mol. The highest BCUT2D eigenvalue weighted by Gasteiger charge is 2.26. The summed E-state index contributed by atoms with van der Waals surface area (Å²) in [6, 6.07) is 3.66. The Morgan fingerprint density at radius 2 is 2.32 bits per heavy atom. The number of rotatable bonds is 4. The fourth-order valence-electron chi connectivity index (χ4n) is 2.54. The van der Waals surface area contributed by atoms with Gasteiger partial charge in [-0.2, -0.15) is 0 Å². The largest absolute Gasteiger partial charge is 0.339 e. The van der Waals surface area contributed by atoms with Crippen molar-refractivity contribution in [3.63, 3.8) is 0 Å². The quantitative estimate of drug-likeness (QED) is 0.843. The maximum atomic E-state index is 12.2. The number of aromatic nitrogens is 2. The van der Waals surface area contributed by atoms with E-state index < -0.39 is 0 Å². The monoisotopic (exact) mass is 282 g/mol. The molecule has 1 saturated heterocycles. The highest BCUT2D eigenvalue weighted by molar-refractivity contribution is 6.29. The molecule has 104 valence electrons. The highest BCUT2D eigenvalue weighted by atomic mass is 35.5. The number of hydrogen-bond donors (Lipinski definition) is 0. The van der Waals surface area contributed by atoms with Crippen LogP contribution in [0.3, 0.4) is 0 Å². The van der Waals surface area contributed by atoms with E-state index in [1.165, 1.54) is 6.42 Å². The number of carbonyl (C=O) groups is 1. The Morgan fingerprint density at radius 3 is 2.95 bits per heavy atom. The summed E-state index contributed by atoms with van der Waals surface area (Å²) in [6.07, 6.45) is 2.36. The van der Waals surface area contributed by atoms with Crippen LogP contribution in [0.2, 0.25) is 5.15 Å². The van der Waals surface area contributed by atoms with Crippen molar-refractivity contribution in [2.45, 2.75) is 25.8 Å². The van der Waals surface area contributed by atoms with Crippen LogP contribution in [0.5, 0.6) is 0 Å². The average molecular weight is 283 g/mol. The van der Waals surface area contributed by atoms with Gasteiger partial charge in [0, 0.05) is 19.6 Å². The van der Waals surface area contributed by atoms with E-state index in [0.29, 0.717) is 16.9 Å². The van der Waals surface area contributed by atoms with Gasteiger partial charge < -0.3 is 4.90 Å². The van der Waals surface area contributed by atoms with Gasteiger partial charge in [-0.3, -0.25) is 9.69 Å². The fraction of sp³-hybridized carbons (Fsp3) is 0.615. The third-order valence-corrected chi connectivity index (χ3v) is 3.79. The summed E-state index contributed by atoms with van der Waals surface area (Å²) in [6.45, 7) is 5.05. The van der Waals surface area contributed by atoms with Crippen molar-refractivity contribution in [2.75, 3.05) is 26.7 Å². The van der Waals surface area contributed by atoms with Gasteiger partial charge in [-0.15, -0.1) is 10.2 Å². The lowest BCUT2D eigenvalue weighted by molar-refractivity contribution is 0.0747. The second-order valence-electron chi connectivity index (χ2n) is 4.85. The molecule has 1 aromatic heterocycles. The number of halogens is 1. The van der Waals surface area contributed by atoms with Gasteiger partial charge >= 0.3 is 0 Å². The number of carbonyl (C=O) groups excluding carboxylic acids is 1. The van der Waals surface area contributed by atoms with Gasteiger partial charge in [0.05, 0.1) is 0 Å². The van der Waals surface area contributed by atoms with E-state index in [1.807, 2.05) is 7.05 Å². The second kappa shape index (κ2) is 6.30. The second-order valence-corrected chi connectivity index (χ2v) is 5.24. The minimum atomic E-state index is -0.105. The summed E-state index contributed by atoms with van der Waals surface area (Å²) >= 11 is 5.67. The van der Waals surface area contributed by atoms with E-state index in [4.69, 9.17) is 11.6 Å². The molecule has 6 heteroatoms. The Bertz CT molecular complexity index is 437. The number of likely N-dealkylation sites (tertiary alicyclic amines) is 1. The summed E-state index contributed by atoms with van der Waals surface area (Å²) < 4.78 is 0. The van der Waals surface area contributed by atoms with Gasteiger partial charge in [-0.05, 0) is 38.1 Å². The predicted octanol–water partition coefficient (Wildman–Crippen LogP) is 1.69. The molecule has 2 rings (SSSR count). The molecule has 0 bridgehead atoms. The van der Waals surface area contributed by atoms with Crippen molar-refractivity contribution < 1.29 is 4.79 Å². The number of hydrogen-bond acceptors (Lipinski definition) is 4. The molecular formula is C13H19ClN4O. The van der Waals surface area contributed by atoms with Crippen LogP contribution in [-0.4, -0.2) is 58.6 Å². The molecule has 1 fully saturated rings. The van der Waals surface area contributed by atoms with Gasteiger partial charge in [0.1, 0.15) is 0 Å². The molecule has 0 N–H and O–H groups in total. The zero-order valence-corrected chi connectivity index (χ0v) is 12.1. The summed E-state index contributed by atoms with van der Waals surface area (Å²) in [5.41, 5.74) is 0.341. The lowest BCUT2D eigenvalue weighted by atomic mass is 10.2. The van der Waals surface area contributed by atoms with E-state index >= 15 is 0 Å². The molecule has 5 nitrogen and oxygen atoms in total. The van der Waals surface area contributed by atoms with Gasteiger partial charge in [0.2, 0.25) is 0 Å². The maximum Gasteiger partial charge on any atom is 0.274 e. The molecule has 1 aromatic rings. The molecule has 0 saturated carbocycles. The fourth-order valence-corrected chi connectivity index (χ4v) is 2.64. The third-order valence-electron chi connectivity index (χ3n) is 3.59. The molecule has 0 aromatic carbocycles. The average Bonchev–Trinajstić information content (AvgIpc) is 2.86. The van der Waals surface area contributed by atoms with Crippen molar-refractivity contribution in [1.82, 2.24) is 20.0 Å². The lowest BCUT2D eigenvalue weighted by Gasteiger charge is -2.27. The van der Waals surface area contributed by atoms with Crippen LogP contribution in [0.4, 0.5) is 0 Å². The van der Waals surface area contributed by atoms with Gasteiger partial charge in [-0.25, -0.2) is 0 Å². The molecular weight excluding hydrogens is 264 g/mol. The van der Waals surface area contributed by atoms with Crippen LogP contribution in [-0.2, 0) is 0 Å². The van der Waals surface area contributed by atoms with E-state index in [-0.39, 0.29) is 5.91 Å². The van der Waals surface area contributed by atoms with Crippen LogP contribution in [0.15, 0.2) is 12.1 Å². The van der Waals surface area contributed by atoms with Gasteiger partial charge in [0.15, 0.2) is 10.8 Å². The topological polar surface area (TPSA) is 49.3 Å². The third kappa shape index (κ3) is 3.42. The summed E-state index contributed by atoms with van der Waals surface area (Å²) in [7, 11) is 1.81. The van der Waals surface area contributed by atoms with Crippen LogP contribution >= 0.6 is 11.6 Å². The Labute approximate surface area is 118 Å². The molecule has 0 radical (unpaired) electrons. The lowest BCUT2D eigenvalue weighted by Crippen LogP contribution is -2.41. The summed E-state index contributed by atoms with van der Waals surface area (Å²) in [5, 5.41) is 7.83. The first-order valence-electron chi connectivity index (χ1n) is 6.60. The smallest absolute Gasteiger partial charge is 0.274 e. The first kappa shape index (κ1) is 14.2. The van der Waals surface area contributed by atoms with E-state index in [2.05, 4.69) is 22.0 Å². The molecule has 1 aliphatic rings. The SMILES string of the molecule is CCN1CCCC1CN(C)C(=O)c1ccc(Cl)nn1. The molecule has 0 spiro atoms. The standard InChI is InChI=1S/C13H19ClN4O/c1-3-18-8-4-5-10(18)9-17(2)13(19)11-6-7-12(14)16-15-11/h6-7,10H,3-5,8-9H2,1-2H3. The highest BCUT2D eigenvalue weighted by Crippen LogP contribution is 2.17. The molecule has 0 aliphatic carbocycles. The van der Waals surface area contributed by atoms with Crippen molar-refractivity contribution >= 4 is 17.5 Å². The first-order chi connectivity index (χ1) is 9.11. The van der Waals surface area contributed by atoms with Crippen molar-refractivity contribution in [3.05, 3.63) is 23.0 Å². The minimum absolute atomic E-state index is 0.105. The molecule has 1 amide bonds. The molecule has 1 unspecified atom stereocenters. The molecule has 1 aliphatic heterocycles. The van der Waals surface area contributed by atoms with Crippen LogP contribution < -0.4 is 0 Å². The Morgan fingerprint density at radius 1 is 1.53 bits per heavy atom. The zero-order chi connectivity index (χ0) is 13.8. The Balaban J connectivity index is 1.97. The Kier molecular flexibility index (Phi) is 4.71. The summed E-state index contributed by atoms with van der Waals surface area (Å²) in [4.78, 5) is 16.3. The normalized spacial score (nSPS) is 19.6. The van der Waals surface area contributed by atoms with E-state index in [9.17, 15) is 4.79 Å². The van der Waals surface area contributed by atoms with E-state index in [1.54, 1.807) is 17.0 Å². The van der Waals surface area contributed by atoms with Gasteiger partial charge in [-0.1, -0.05) is 18.5 Å². The molecule has 1 atom stereocenters. The number of nitrogens with zero attached hydrogens (tertiary/aromatic N) is 4. The van der Waals surface area contributed by atoms with Gasteiger partial charge in [0.25, 0.3) is 5.91 Å². The van der Waals surface area contributed by atoms with Crippen LogP contribution in [0.1, 0.15) is 30.3 Å². The van der Waals surface area contributed by atoms with Crippen molar-refractivity contribution in [1.29, 1.82) is 0 Å². The van der Waals surface area contributed by atoms with Crippen LogP contribution in [0, 0.1) is 0 Å². The van der Waals surface area contributed by atoms with Crippen molar-refractivity contribution in [3.8, 4) is 0 Å². The maximum absolute atomic E-state index is 12.2. The minimum Gasteiger partial charge on any atom is -0.339 e.